The topological polar surface area (TPSA) is 39.7 Å². The van der Waals surface area contributed by atoms with E-state index in [-0.39, 0.29) is 0 Å². The highest BCUT2D eigenvalue weighted by Gasteiger charge is 2.23. The van der Waals surface area contributed by atoms with Crippen LogP contribution < -0.4 is 5.32 Å². The van der Waals surface area contributed by atoms with Crippen molar-refractivity contribution in [2.75, 3.05) is 40.1 Å². The van der Waals surface area contributed by atoms with Crippen LogP contribution in [-0.2, 0) is 14.2 Å². The highest BCUT2D eigenvalue weighted by atomic mass is 16.5. The van der Waals surface area contributed by atoms with Crippen LogP contribution >= 0.6 is 0 Å². The molecule has 0 spiro atoms. The molecule has 4 heteroatoms. The Balaban J connectivity index is 1.95. The first kappa shape index (κ1) is 15.9. The van der Waals surface area contributed by atoms with Gasteiger partial charge < -0.3 is 19.5 Å². The van der Waals surface area contributed by atoms with E-state index in [1.807, 2.05) is 0 Å². The van der Waals surface area contributed by atoms with Gasteiger partial charge in [0.2, 0.25) is 0 Å². The average molecular weight is 259 g/mol. The Morgan fingerprint density at radius 1 is 1.11 bits per heavy atom. The van der Waals surface area contributed by atoms with Crippen LogP contribution in [0.4, 0.5) is 0 Å². The summed E-state index contributed by atoms with van der Waals surface area (Å²) < 4.78 is 16.2. The fourth-order valence-corrected chi connectivity index (χ4v) is 1.70. The molecule has 0 aromatic carbocycles. The van der Waals surface area contributed by atoms with Gasteiger partial charge in [-0.1, -0.05) is 13.8 Å². The summed E-state index contributed by atoms with van der Waals surface area (Å²) in [7, 11) is 1.69. The fraction of sp³-hybridized carbons (Fsp3) is 1.00. The van der Waals surface area contributed by atoms with Crippen molar-refractivity contribution in [3.63, 3.8) is 0 Å². The molecule has 18 heavy (non-hydrogen) atoms. The Morgan fingerprint density at radius 2 is 1.89 bits per heavy atom. The molecule has 1 unspecified atom stereocenters. The molecule has 1 rings (SSSR count). The molecule has 0 bridgehead atoms. The minimum absolute atomic E-state index is 0.324. The highest BCUT2D eigenvalue weighted by molar-refractivity contribution is 4.82. The number of methoxy groups -OCH3 is 1. The van der Waals surface area contributed by atoms with Crippen molar-refractivity contribution >= 4 is 0 Å². The molecule has 1 N–H and O–H groups in total. The first-order valence-corrected chi connectivity index (χ1v) is 7.15. The molecule has 1 fully saturated rings. The molecular weight excluding hydrogens is 230 g/mol. The number of ether oxygens (including phenoxy) is 3. The monoisotopic (exact) mass is 259 g/mol. The van der Waals surface area contributed by atoms with Crippen molar-refractivity contribution in [1.29, 1.82) is 0 Å². The summed E-state index contributed by atoms with van der Waals surface area (Å²) in [5.74, 6) is 0.561. The first-order valence-electron chi connectivity index (χ1n) is 7.15. The minimum atomic E-state index is 0.324. The molecule has 0 radical (unpaired) electrons. The largest absolute Gasteiger partial charge is 0.382 e. The first-order chi connectivity index (χ1) is 8.74. The maximum atomic E-state index is 5.91. The van der Waals surface area contributed by atoms with E-state index in [2.05, 4.69) is 19.2 Å². The Hall–Kier alpha value is -0.160. The zero-order chi connectivity index (χ0) is 13.2. The van der Waals surface area contributed by atoms with Gasteiger partial charge in [-0.05, 0) is 25.2 Å². The standard InChI is InChI=1S/C14H29NO3/c1-12(2)14(11-15-13-5-6-13)18-8-4-7-17-10-9-16-3/h12-15H,4-11H2,1-3H3. The molecule has 108 valence electrons. The molecule has 0 aromatic rings. The predicted octanol–water partition coefficient (Wildman–Crippen LogP) is 1.83. The average Bonchev–Trinajstić information content (AvgIpc) is 3.15. The van der Waals surface area contributed by atoms with E-state index < -0.39 is 0 Å². The van der Waals surface area contributed by atoms with Gasteiger partial charge in [-0.3, -0.25) is 0 Å². The second kappa shape index (κ2) is 9.73. The lowest BCUT2D eigenvalue weighted by Crippen LogP contribution is -2.34. The van der Waals surface area contributed by atoms with Crippen LogP contribution in [0.15, 0.2) is 0 Å². The Bertz CT molecular complexity index is 195. The third kappa shape index (κ3) is 8.03. The van der Waals surface area contributed by atoms with Crippen molar-refractivity contribution < 1.29 is 14.2 Å². The SMILES string of the molecule is COCCOCCCOC(CNC1CC1)C(C)C. The Labute approximate surface area is 111 Å². The van der Waals surface area contributed by atoms with E-state index >= 15 is 0 Å². The molecule has 0 amide bonds. The summed E-state index contributed by atoms with van der Waals surface area (Å²) >= 11 is 0. The van der Waals surface area contributed by atoms with E-state index in [1.165, 1.54) is 12.8 Å². The lowest BCUT2D eigenvalue weighted by molar-refractivity contribution is 0.00421. The summed E-state index contributed by atoms with van der Waals surface area (Å²) in [5.41, 5.74) is 0. The minimum Gasteiger partial charge on any atom is -0.382 e. The zero-order valence-electron chi connectivity index (χ0n) is 12.1. The maximum absolute atomic E-state index is 5.91. The van der Waals surface area contributed by atoms with Crippen molar-refractivity contribution in [1.82, 2.24) is 5.32 Å². The van der Waals surface area contributed by atoms with Crippen LogP contribution in [-0.4, -0.2) is 52.2 Å². The van der Waals surface area contributed by atoms with Gasteiger partial charge in [-0.2, -0.15) is 0 Å². The fourth-order valence-electron chi connectivity index (χ4n) is 1.70. The van der Waals surface area contributed by atoms with Crippen LogP contribution in [0.1, 0.15) is 33.1 Å². The number of hydrogen-bond donors (Lipinski definition) is 1. The van der Waals surface area contributed by atoms with Gasteiger partial charge in [0.05, 0.1) is 19.3 Å². The highest BCUT2D eigenvalue weighted by Crippen LogP contribution is 2.19. The van der Waals surface area contributed by atoms with E-state index in [1.54, 1.807) is 7.11 Å². The number of rotatable bonds is 12. The third-order valence-corrected chi connectivity index (χ3v) is 3.13. The van der Waals surface area contributed by atoms with E-state index in [9.17, 15) is 0 Å². The Morgan fingerprint density at radius 3 is 2.50 bits per heavy atom. The molecule has 1 aliphatic rings. The maximum Gasteiger partial charge on any atom is 0.0722 e. The van der Waals surface area contributed by atoms with Gasteiger partial charge in [0.25, 0.3) is 0 Å². The van der Waals surface area contributed by atoms with Gasteiger partial charge in [-0.15, -0.1) is 0 Å². The number of nitrogens with one attached hydrogen (secondary N) is 1. The predicted molar refractivity (Wildman–Crippen MR) is 72.9 cm³/mol. The van der Waals surface area contributed by atoms with Crippen LogP contribution in [0.2, 0.25) is 0 Å². The van der Waals surface area contributed by atoms with Crippen LogP contribution in [0.3, 0.4) is 0 Å². The number of hydrogen-bond acceptors (Lipinski definition) is 4. The molecular formula is C14H29NO3. The molecule has 0 aliphatic heterocycles. The van der Waals surface area contributed by atoms with Gasteiger partial charge >= 0.3 is 0 Å². The molecule has 1 saturated carbocycles. The van der Waals surface area contributed by atoms with Gasteiger partial charge in [0, 0.05) is 32.9 Å². The van der Waals surface area contributed by atoms with Crippen molar-refractivity contribution in [3.8, 4) is 0 Å². The van der Waals surface area contributed by atoms with E-state index in [0.29, 0.717) is 25.2 Å². The van der Waals surface area contributed by atoms with Gasteiger partial charge in [0.15, 0.2) is 0 Å². The van der Waals surface area contributed by atoms with Gasteiger partial charge in [0.1, 0.15) is 0 Å². The third-order valence-electron chi connectivity index (χ3n) is 3.13. The molecule has 4 nitrogen and oxygen atoms in total. The normalized spacial score (nSPS) is 17.3. The van der Waals surface area contributed by atoms with Crippen molar-refractivity contribution in [3.05, 3.63) is 0 Å². The second-order valence-electron chi connectivity index (χ2n) is 5.29. The quantitative estimate of drug-likeness (QED) is 0.543. The Kier molecular flexibility index (Phi) is 8.59. The lowest BCUT2D eigenvalue weighted by atomic mass is 10.1. The molecule has 1 atom stereocenters. The van der Waals surface area contributed by atoms with Crippen LogP contribution in [0, 0.1) is 5.92 Å². The van der Waals surface area contributed by atoms with E-state index in [4.69, 9.17) is 14.2 Å². The lowest BCUT2D eigenvalue weighted by Gasteiger charge is -2.22. The van der Waals surface area contributed by atoms with Gasteiger partial charge in [-0.25, -0.2) is 0 Å². The summed E-state index contributed by atoms with van der Waals surface area (Å²) in [6, 6.07) is 0.757. The summed E-state index contributed by atoms with van der Waals surface area (Å²) in [5, 5.41) is 3.53. The zero-order valence-corrected chi connectivity index (χ0v) is 12.1. The van der Waals surface area contributed by atoms with Crippen molar-refractivity contribution in [2.24, 2.45) is 5.92 Å². The summed E-state index contributed by atoms with van der Waals surface area (Å²) in [6.07, 6.45) is 3.94. The molecule has 1 aliphatic carbocycles. The molecule has 0 aromatic heterocycles. The summed E-state index contributed by atoms with van der Waals surface area (Å²) in [4.78, 5) is 0. The molecule has 0 heterocycles. The molecule has 0 saturated heterocycles. The smallest absolute Gasteiger partial charge is 0.0722 e. The van der Waals surface area contributed by atoms with Crippen LogP contribution in [0.25, 0.3) is 0 Å². The van der Waals surface area contributed by atoms with Crippen LogP contribution in [0.5, 0.6) is 0 Å². The van der Waals surface area contributed by atoms with E-state index in [0.717, 1.165) is 32.2 Å². The summed E-state index contributed by atoms with van der Waals surface area (Å²) in [6.45, 7) is 8.29. The second-order valence-corrected chi connectivity index (χ2v) is 5.29. The van der Waals surface area contributed by atoms with Crippen molar-refractivity contribution in [2.45, 2.75) is 45.3 Å².